The van der Waals surface area contributed by atoms with E-state index in [4.69, 9.17) is 0 Å². The van der Waals surface area contributed by atoms with Crippen LogP contribution in [0.25, 0.3) is 0 Å². The lowest BCUT2D eigenvalue weighted by Gasteiger charge is -2.35. The van der Waals surface area contributed by atoms with Crippen LogP contribution in [0.3, 0.4) is 0 Å². The van der Waals surface area contributed by atoms with E-state index in [1.54, 1.807) is 0 Å². The van der Waals surface area contributed by atoms with Crippen molar-refractivity contribution < 1.29 is 18.3 Å². The zero-order chi connectivity index (χ0) is 11.1. The summed E-state index contributed by atoms with van der Waals surface area (Å²) >= 11 is 0. The van der Waals surface area contributed by atoms with Gasteiger partial charge in [0.1, 0.15) is 5.60 Å². The standard InChI is InChI=1S/C9H9F3N2O/c10-9(11,12)7-3-2-6(13-14-7)8(15)4-1-5-8/h2-3,15H,1,4-5H2. The molecule has 1 saturated carbocycles. The Balaban J connectivity index is 2.24. The normalized spacial score (nSPS) is 19.7. The van der Waals surface area contributed by atoms with E-state index >= 15 is 0 Å². The van der Waals surface area contributed by atoms with Crippen molar-refractivity contribution in [1.29, 1.82) is 0 Å². The van der Waals surface area contributed by atoms with Crippen LogP contribution < -0.4 is 0 Å². The molecule has 1 aromatic rings. The maximum atomic E-state index is 12.1. The highest BCUT2D eigenvalue weighted by atomic mass is 19.4. The number of aromatic nitrogens is 2. The fraction of sp³-hybridized carbons (Fsp3) is 0.556. The average Bonchev–Trinajstić information content (AvgIpc) is 2.13. The minimum Gasteiger partial charge on any atom is -0.383 e. The van der Waals surface area contributed by atoms with Crippen LogP contribution in [0.2, 0.25) is 0 Å². The Labute approximate surface area is 83.9 Å². The summed E-state index contributed by atoms with van der Waals surface area (Å²) in [6.07, 6.45) is -2.55. The Morgan fingerprint density at radius 1 is 1.20 bits per heavy atom. The first-order valence-corrected chi connectivity index (χ1v) is 4.56. The second kappa shape index (κ2) is 3.16. The van der Waals surface area contributed by atoms with E-state index in [1.165, 1.54) is 6.07 Å². The number of hydrogen-bond donors (Lipinski definition) is 1. The molecule has 6 heteroatoms. The average molecular weight is 218 g/mol. The summed E-state index contributed by atoms with van der Waals surface area (Å²) in [6.45, 7) is 0. The van der Waals surface area contributed by atoms with E-state index in [9.17, 15) is 18.3 Å². The van der Waals surface area contributed by atoms with Crippen molar-refractivity contribution in [1.82, 2.24) is 10.2 Å². The fourth-order valence-electron chi connectivity index (χ4n) is 1.50. The van der Waals surface area contributed by atoms with Gasteiger partial charge in [-0.05, 0) is 31.4 Å². The lowest BCUT2D eigenvalue weighted by atomic mass is 9.78. The summed E-state index contributed by atoms with van der Waals surface area (Å²) in [5, 5.41) is 16.3. The van der Waals surface area contributed by atoms with Gasteiger partial charge in [0, 0.05) is 0 Å². The third kappa shape index (κ3) is 1.81. The molecule has 2 rings (SSSR count). The van der Waals surface area contributed by atoms with Gasteiger partial charge in [-0.25, -0.2) is 0 Å². The Hall–Kier alpha value is -1.17. The van der Waals surface area contributed by atoms with Crippen LogP contribution in [0.15, 0.2) is 12.1 Å². The number of alkyl halides is 3. The number of halogens is 3. The lowest BCUT2D eigenvalue weighted by Crippen LogP contribution is -2.35. The quantitative estimate of drug-likeness (QED) is 0.782. The summed E-state index contributed by atoms with van der Waals surface area (Å²) in [7, 11) is 0. The van der Waals surface area contributed by atoms with Gasteiger partial charge in [0.25, 0.3) is 0 Å². The van der Waals surface area contributed by atoms with Crippen LogP contribution in [-0.2, 0) is 11.8 Å². The van der Waals surface area contributed by atoms with Crippen LogP contribution >= 0.6 is 0 Å². The van der Waals surface area contributed by atoms with E-state index in [0.717, 1.165) is 12.5 Å². The van der Waals surface area contributed by atoms with Crippen molar-refractivity contribution in [3.63, 3.8) is 0 Å². The van der Waals surface area contributed by atoms with Crippen LogP contribution in [0.4, 0.5) is 13.2 Å². The molecular formula is C9H9F3N2O. The molecule has 0 atom stereocenters. The minimum atomic E-state index is -4.48. The minimum absolute atomic E-state index is 0.224. The highest BCUT2D eigenvalue weighted by molar-refractivity contribution is 5.17. The molecule has 1 N–H and O–H groups in total. The zero-order valence-corrected chi connectivity index (χ0v) is 7.75. The number of rotatable bonds is 1. The van der Waals surface area contributed by atoms with Gasteiger partial charge in [-0.2, -0.15) is 18.3 Å². The third-order valence-electron chi connectivity index (χ3n) is 2.61. The molecule has 15 heavy (non-hydrogen) atoms. The first-order chi connectivity index (χ1) is 6.92. The van der Waals surface area contributed by atoms with Crippen LogP contribution in [0.1, 0.15) is 30.7 Å². The maximum absolute atomic E-state index is 12.1. The van der Waals surface area contributed by atoms with Gasteiger partial charge in [-0.3, -0.25) is 0 Å². The fourth-order valence-corrected chi connectivity index (χ4v) is 1.50. The Kier molecular flexibility index (Phi) is 2.18. The Morgan fingerprint density at radius 3 is 2.20 bits per heavy atom. The number of hydrogen-bond acceptors (Lipinski definition) is 3. The monoisotopic (exact) mass is 218 g/mol. The van der Waals surface area contributed by atoms with E-state index in [2.05, 4.69) is 10.2 Å². The van der Waals surface area contributed by atoms with Crippen molar-refractivity contribution >= 4 is 0 Å². The van der Waals surface area contributed by atoms with Crippen LogP contribution in [0.5, 0.6) is 0 Å². The van der Waals surface area contributed by atoms with Gasteiger partial charge in [-0.15, -0.1) is 5.10 Å². The SMILES string of the molecule is OC1(c2ccc(C(F)(F)F)nn2)CCC1. The molecular weight excluding hydrogens is 209 g/mol. The Morgan fingerprint density at radius 2 is 1.87 bits per heavy atom. The molecule has 1 aromatic heterocycles. The topological polar surface area (TPSA) is 46.0 Å². The van der Waals surface area contributed by atoms with Crippen molar-refractivity contribution in [2.75, 3.05) is 0 Å². The maximum Gasteiger partial charge on any atom is 0.435 e. The lowest BCUT2D eigenvalue weighted by molar-refractivity contribution is -0.142. The van der Waals surface area contributed by atoms with E-state index in [-0.39, 0.29) is 5.69 Å². The highest BCUT2D eigenvalue weighted by Crippen LogP contribution is 2.40. The number of nitrogens with zero attached hydrogens (tertiary/aromatic N) is 2. The van der Waals surface area contributed by atoms with Crippen molar-refractivity contribution in [3.8, 4) is 0 Å². The molecule has 0 bridgehead atoms. The molecule has 1 heterocycles. The predicted molar refractivity (Wildman–Crippen MR) is 44.8 cm³/mol. The molecule has 0 radical (unpaired) electrons. The molecule has 3 nitrogen and oxygen atoms in total. The van der Waals surface area contributed by atoms with Crippen molar-refractivity contribution in [2.45, 2.75) is 31.0 Å². The Bertz CT molecular complexity index is 357. The molecule has 0 unspecified atom stereocenters. The van der Waals surface area contributed by atoms with Gasteiger partial charge in [0.05, 0.1) is 5.69 Å². The van der Waals surface area contributed by atoms with Gasteiger partial charge < -0.3 is 5.11 Å². The van der Waals surface area contributed by atoms with E-state index < -0.39 is 17.5 Å². The highest BCUT2D eigenvalue weighted by Gasteiger charge is 2.39. The molecule has 0 amide bonds. The van der Waals surface area contributed by atoms with Gasteiger partial charge in [-0.1, -0.05) is 0 Å². The molecule has 1 aliphatic carbocycles. The van der Waals surface area contributed by atoms with Crippen LogP contribution in [0, 0.1) is 0 Å². The summed E-state index contributed by atoms with van der Waals surface area (Å²) in [6, 6.07) is 2.04. The van der Waals surface area contributed by atoms with Crippen LogP contribution in [-0.4, -0.2) is 15.3 Å². The molecule has 1 fully saturated rings. The molecule has 0 aromatic carbocycles. The second-order valence-corrected chi connectivity index (χ2v) is 3.69. The number of aliphatic hydroxyl groups is 1. The first kappa shape index (κ1) is 10.4. The van der Waals surface area contributed by atoms with Gasteiger partial charge in [0.15, 0.2) is 5.69 Å². The van der Waals surface area contributed by atoms with Crippen molar-refractivity contribution in [2.24, 2.45) is 0 Å². The van der Waals surface area contributed by atoms with Gasteiger partial charge >= 0.3 is 6.18 Å². The summed E-state index contributed by atoms with van der Waals surface area (Å²) < 4.78 is 36.4. The first-order valence-electron chi connectivity index (χ1n) is 4.56. The summed E-state index contributed by atoms with van der Waals surface area (Å²) in [5.41, 5.74) is -1.87. The van der Waals surface area contributed by atoms with Gasteiger partial charge in [0.2, 0.25) is 0 Å². The molecule has 0 saturated heterocycles. The van der Waals surface area contributed by atoms with E-state index in [0.29, 0.717) is 12.8 Å². The van der Waals surface area contributed by atoms with Crippen molar-refractivity contribution in [3.05, 3.63) is 23.5 Å². The smallest absolute Gasteiger partial charge is 0.383 e. The molecule has 82 valence electrons. The predicted octanol–water partition coefficient (Wildman–Crippen LogP) is 1.87. The molecule has 0 spiro atoms. The molecule has 0 aliphatic heterocycles. The second-order valence-electron chi connectivity index (χ2n) is 3.69. The zero-order valence-electron chi connectivity index (χ0n) is 7.75. The third-order valence-corrected chi connectivity index (χ3v) is 2.61. The summed E-state index contributed by atoms with van der Waals surface area (Å²) in [4.78, 5) is 0. The largest absolute Gasteiger partial charge is 0.435 e. The summed E-state index contributed by atoms with van der Waals surface area (Å²) in [5.74, 6) is 0. The molecule has 1 aliphatic rings. The van der Waals surface area contributed by atoms with E-state index in [1.807, 2.05) is 0 Å².